The molecule has 1 fully saturated rings. The number of morpholine rings is 1. The van der Waals surface area contributed by atoms with Gasteiger partial charge in [-0.15, -0.1) is 0 Å². The van der Waals surface area contributed by atoms with Crippen molar-refractivity contribution in [3.05, 3.63) is 18.1 Å². The lowest BCUT2D eigenvalue weighted by atomic mass is 10.2. The molecule has 1 aliphatic rings. The second-order valence-corrected chi connectivity index (χ2v) is 4.43. The molecule has 1 unspecified atom stereocenters. The first-order valence-electron chi connectivity index (χ1n) is 6.69. The molecule has 1 aromatic rings. The van der Waals surface area contributed by atoms with E-state index in [1.165, 1.54) is 19.5 Å². The zero-order valence-corrected chi connectivity index (χ0v) is 12.0. The second-order valence-electron chi connectivity index (χ2n) is 4.43. The van der Waals surface area contributed by atoms with Gasteiger partial charge in [-0.3, -0.25) is 9.78 Å². The Morgan fingerprint density at radius 3 is 3.05 bits per heavy atom. The van der Waals surface area contributed by atoms with Crippen molar-refractivity contribution in [1.29, 1.82) is 0 Å². The summed E-state index contributed by atoms with van der Waals surface area (Å²) in [5.74, 6) is -0.243. The fourth-order valence-electron chi connectivity index (χ4n) is 2.08. The first-order valence-corrected chi connectivity index (χ1v) is 6.69. The molecule has 1 aromatic heterocycles. The van der Waals surface area contributed by atoms with Gasteiger partial charge in [0.25, 0.3) is 0 Å². The number of hydrogen-bond acceptors (Lipinski definition) is 7. The monoisotopic (exact) mass is 294 g/mol. The zero-order chi connectivity index (χ0) is 15.2. The van der Waals surface area contributed by atoms with Gasteiger partial charge in [-0.1, -0.05) is 0 Å². The van der Waals surface area contributed by atoms with E-state index in [0.717, 1.165) is 0 Å². The molecule has 0 aliphatic carbocycles. The van der Waals surface area contributed by atoms with Crippen LogP contribution in [0.3, 0.4) is 0 Å². The summed E-state index contributed by atoms with van der Waals surface area (Å²) in [6.45, 7) is 3.65. The van der Waals surface area contributed by atoms with Crippen LogP contribution in [0.15, 0.2) is 12.4 Å². The number of methoxy groups -OCH3 is 1. The molecule has 0 spiro atoms. The highest BCUT2D eigenvalue weighted by Gasteiger charge is 2.30. The van der Waals surface area contributed by atoms with Crippen molar-refractivity contribution in [3.63, 3.8) is 0 Å². The molecular formula is C13H18N4O4. The predicted molar refractivity (Wildman–Crippen MR) is 74.0 cm³/mol. The van der Waals surface area contributed by atoms with Gasteiger partial charge in [0.05, 0.1) is 32.7 Å². The Kier molecular flexibility index (Phi) is 5.04. The van der Waals surface area contributed by atoms with Gasteiger partial charge in [0.1, 0.15) is 11.9 Å². The molecule has 2 rings (SSSR count). The highest BCUT2D eigenvalue weighted by molar-refractivity contribution is 5.88. The molecule has 1 atom stereocenters. The maximum Gasteiger partial charge on any atom is 0.358 e. The largest absolute Gasteiger partial charge is 0.464 e. The molecule has 114 valence electrons. The highest BCUT2D eigenvalue weighted by atomic mass is 16.5. The number of nitrogens with one attached hydrogen (secondary N) is 1. The summed E-state index contributed by atoms with van der Waals surface area (Å²) in [5, 5.41) is 2.76. The van der Waals surface area contributed by atoms with Crippen LogP contribution in [0.4, 0.5) is 5.82 Å². The molecule has 0 radical (unpaired) electrons. The molecule has 0 bridgehead atoms. The summed E-state index contributed by atoms with van der Waals surface area (Å²) < 4.78 is 9.99. The lowest BCUT2D eigenvalue weighted by Gasteiger charge is -2.35. The van der Waals surface area contributed by atoms with Gasteiger partial charge in [0.15, 0.2) is 5.69 Å². The van der Waals surface area contributed by atoms with Crippen LogP contribution in [0.25, 0.3) is 0 Å². The Labute approximate surface area is 122 Å². The number of aromatic nitrogens is 2. The summed E-state index contributed by atoms with van der Waals surface area (Å²) in [5.41, 5.74) is 0.108. The standard InChI is InChI=1S/C13H18N4O4/c1-3-15-12(18)10-8-21-5-4-17(10)11-7-14-6-9(16-11)13(19)20-2/h6-7,10H,3-5,8H2,1-2H3,(H,15,18). The lowest BCUT2D eigenvalue weighted by Crippen LogP contribution is -2.54. The number of anilines is 1. The highest BCUT2D eigenvalue weighted by Crippen LogP contribution is 2.17. The SMILES string of the molecule is CCNC(=O)C1COCCN1c1cncc(C(=O)OC)n1. The summed E-state index contributed by atoms with van der Waals surface area (Å²) in [7, 11) is 1.28. The summed E-state index contributed by atoms with van der Waals surface area (Å²) in [4.78, 5) is 33.6. The number of rotatable bonds is 4. The first kappa shape index (κ1) is 15.2. The molecule has 21 heavy (non-hydrogen) atoms. The molecule has 8 nitrogen and oxygen atoms in total. The number of ether oxygens (including phenoxy) is 2. The molecule has 0 aromatic carbocycles. The van der Waals surface area contributed by atoms with Gasteiger partial charge < -0.3 is 19.7 Å². The molecule has 0 saturated carbocycles. The Hall–Kier alpha value is -2.22. The molecule has 1 aliphatic heterocycles. The van der Waals surface area contributed by atoms with Crippen LogP contribution < -0.4 is 10.2 Å². The number of nitrogens with zero attached hydrogens (tertiary/aromatic N) is 3. The third-order valence-corrected chi connectivity index (χ3v) is 3.09. The van der Waals surface area contributed by atoms with Crippen LogP contribution >= 0.6 is 0 Å². The van der Waals surface area contributed by atoms with Crippen molar-refractivity contribution in [2.75, 3.05) is 38.3 Å². The van der Waals surface area contributed by atoms with E-state index < -0.39 is 12.0 Å². The van der Waals surface area contributed by atoms with Crippen LogP contribution in [0.1, 0.15) is 17.4 Å². The number of esters is 1. The Balaban J connectivity index is 2.24. The Morgan fingerprint density at radius 2 is 2.33 bits per heavy atom. The smallest absolute Gasteiger partial charge is 0.358 e. The van der Waals surface area contributed by atoms with Gasteiger partial charge in [0.2, 0.25) is 5.91 Å². The second kappa shape index (κ2) is 6.98. The third-order valence-electron chi connectivity index (χ3n) is 3.09. The van der Waals surface area contributed by atoms with Gasteiger partial charge in [-0.2, -0.15) is 0 Å². The predicted octanol–water partition coefficient (Wildman–Crippen LogP) is -0.395. The molecule has 1 saturated heterocycles. The van der Waals surface area contributed by atoms with Crippen molar-refractivity contribution in [2.24, 2.45) is 0 Å². The minimum absolute atomic E-state index is 0.108. The van der Waals surface area contributed by atoms with E-state index in [1.54, 1.807) is 4.90 Å². The van der Waals surface area contributed by atoms with Crippen LogP contribution in [0.2, 0.25) is 0 Å². The minimum atomic E-state index is -0.563. The summed E-state index contributed by atoms with van der Waals surface area (Å²) >= 11 is 0. The normalized spacial score (nSPS) is 18.2. The van der Waals surface area contributed by atoms with Gasteiger partial charge in [0, 0.05) is 13.1 Å². The molecule has 2 heterocycles. The first-order chi connectivity index (χ1) is 10.2. The minimum Gasteiger partial charge on any atom is -0.464 e. The van der Waals surface area contributed by atoms with Gasteiger partial charge >= 0.3 is 5.97 Å². The van der Waals surface area contributed by atoms with Crippen LogP contribution in [-0.4, -0.2) is 61.3 Å². The zero-order valence-electron chi connectivity index (χ0n) is 12.0. The van der Waals surface area contributed by atoms with E-state index >= 15 is 0 Å². The van der Waals surface area contributed by atoms with Crippen LogP contribution in [0, 0.1) is 0 Å². The quantitative estimate of drug-likeness (QED) is 0.755. The number of carbonyl (C=O) groups excluding carboxylic acids is 2. The summed E-state index contributed by atoms with van der Waals surface area (Å²) in [6.07, 6.45) is 2.85. The fourth-order valence-corrected chi connectivity index (χ4v) is 2.08. The Bertz CT molecular complexity index is 523. The van der Waals surface area contributed by atoms with Crippen molar-refractivity contribution < 1.29 is 19.1 Å². The van der Waals surface area contributed by atoms with Crippen LogP contribution in [-0.2, 0) is 14.3 Å². The Morgan fingerprint density at radius 1 is 1.52 bits per heavy atom. The number of carbonyl (C=O) groups is 2. The fraction of sp³-hybridized carbons (Fsp3) is 0.538. The van der Waals surface area contributed by atoms with Crippen molar-refractivity contribution >= 4 is 17.7 Å². The lowest BCUT2D eigenvalue weighted by molar-refractivity contribution is -0.124. The maximum atomic E-state index is 12.1. The number of hydrogen-bond donors (Lipinski definition) is 1. The molecule has 8 heteroatoms. The van der Waals surface area contributed by atoms with E-state index in [1.807, 2.05) is 6.92 Å². The topological polar surface area (TPSA) is 93.7 Å². The van der Waals surface area contributed by atoms with E-state index in [0.29, 0.717) is 25.5 Å². The van der Waals surface area contributed by atoms with Crippen molar-refractivity contribution in [3.8, 4) is 0 Å². The van der Waals surface area contributed by atoms with Crippen LogP contribution in [0.5, 0.6) is 0 Å². The van der Waals surface area contributed by atoms with E-state index in [-0.39, 0.29) is 18.2 Å². The molecule has 1 amide bonds. The maximum absolute atomic E-state index is 12.1. The number of amides is 1. The van der Waals surface area contributed by atoms with Gasteiger partial charge in [-0.25, -0.2) is 9.78 Å². The van der Waals surface area contributed by atoms with Gasteiger partial charge in [-0.05, 0) is 6.92 Å². The third kappa shape index (κ3) is 3.46. The van der Waals surface area contributed by atoms with Crippen molar-refractivity contribution in [1.82, 2.24) is 15.3 Å². The van der Waals surface area contributed by atoms with E-state index in [9.17, 15) is 9.59 Å². The van der Waals surface area contributed by atoms with E-state index in [2.05, 4.69) is 20.0 Å². The average Bonchev–Trinajstić information content (AvgIpc) is 2.54. The number of likely N-dealkylation sites (N-methyl/N-ethyl adjacent to an activating group) is 1. The average molecular weight is 294 g/mol. The molecule has 1 N–H and O–H groups in total. The molecular weight excluding hydrogens is 276 g/mol. The summed E-state index contributed by atoms with van der Waals surface area (Å²) in [6, 6.07) is -0.485. The van der Waals surface area contributed by atoms with E-state index in [4.69, 9.17) is 4.74 Å². The van der Waals surface area contributed by atoms with Crippen molar-refractivity contribution in [2.45, 2.75) is 13.0 Å².